The molecule has 0 spiro atoms. The number of pyridine rings is 1. The standard InChI is InChI=1S/C15H17FN2O/c1-11(17)13-2-3-15(14(16)10-13)19-9-6-12-4-7-18-8-5-12/h2-5,7-8,10-11H,6,9,17H2,1H3/t11-/m0/s1. The maximum atomic E-state index is 13.7. The molecule has 2 rings (SSSR count). The molecular weight excluding hydrogens is 243 g/mol. The van der Waals surface area contributed by atoms with Crippen molar-refractivity contribution in [3.63, 3.8) is 0 Å². The molecule has 1 aromatic heterocycles. The summed E-state index contributed by atoms with van der Waals surface area (Å²) in [5.74, 6) is -0.108. The van der Waals surface area contributed by atoms with E-state index in [9.17, 15) is 4.39 Å². The van der Waals surface area contributed by atoms with E-state index in [1.54, 1.807) is 24.5 Å². The van der Waals surface area contributed by atoms with Crippen molar-refractivity contribution in [1.29, 1.82) is 0 Å². The highest BCUT2D eigenvalue weighted by Gasteiger charge is 2.07. The molecule has 1 atom stereocenters. The second-order valence-electron chi connectivity index (χ2n) is 4.43. The number of nitrogens with zero attached hydrogens (tertiary/aromatic N) is 1. The molecule has 1 heterocycles. The van der Waals surface area contributed by atoms with Gasteiger partial charge in [0.15, 0.2) is 11.6 Å². The summed E-state index contributed by atoms with van der Waals surface area (Å²) >= 11 is 0. The minimum Gasteiger partial charge on any atom is -0.490 e. The minimum atomic E-state index is -0.371. The van der Waals surface area contributed by atoms with Crippen LogP contribution in [0.2, 0.25) is 0 Å². The van der Waals surface area contributed by atoms with Gasteiger partial charge in [0.2, 0.25) is 0 Å². The smallest absolute Gasteiger partial charge is 0.165 e. The molecule has 0 saturated carbocycles. The molecule has 0 fully saturated rings. The van der Waals surface area contributed by atoms with E-state index >= 15 is 0 Å². The topological polar surface area (TPSA) is 48.1 Å². The summed E-state index contributed by atoms with van der Waals surface area (Å²) in [5, 5.41) is 0. The Labute approximate surface area is 112 Å². The van der Waals surface area contributed by atoms with Crippen molar-refractivity contribution in [1.82, 2.24) is 4.98 Å². The van der Waals surface area contributed by atoms with E-state index in [0.29, 0.717) is 6.61 Å². The first-order chi connectivity index (χ1) is 9.16. The molecule has 0 bridgehead atoms. The summed E-state index contributed by atoms with van der Waals surface area (Å²) in [6.45, 7) is 2.25. The Morgan fingerprint density at radius 3 is 2.63 bits per heavy atom. The summed E-state index contributed by atoms with van der Waals surface area (Å²) in [6.07, 6.45) is 4.18. The highest BCUT2D eigenvalue weighted by molar-refractivity contribution is 5.30. The molecule has 0 saturated heterocycles. The fourth-order valence-electron chi connectivity index (χ4n) is 1.75. The van der Waals surface area contributed by atoms with Crippen LogP contribution in [0.25, 0.3) is 0 Å². The monoisotopic (exact) mass is 260 g/mol. The molecule has 0 amide bonds. The first kappa shape index (κ1) is 13.5. The number of benzene rings is 1. The van der Waals surface area contributed by atoms with Gasteiger partial charge in [0.25, 0.3) is 0 Å². The molecule has 0 aliphatic carbocycles. The quantitative estimate of drug-likeness (QED) is 0.899. The lowest BCUT2D eigenvalue weighted by Crippen LogP contribution is -2.07. The van der Waals surface area contributed by atoms with Crippen molar-refractivity contribution in [2.75, 3.05) is 6.61 Å². The van der Waals surface area contributed by atoms with Crippen molar-refractivity contribution in [3.05, 3.63) is 59.7 Å². The van der Waals surface area contributed by atoms with Gasteiger partial charge in [-0.15, -0.1) is 0 Å². The van der Waals surface area contributed by atoms with Gasteiger partial charge in [-0.3, -0.25) is 4.98 Å². The molecule has 19 heavy (non-hydrogen) atoms. The average molecular weight is 260 g/mol. The van der Waals surface area contributed by atoms with Crippen LogP contribution in [0, 0.1) is 5.82 Å². The zero-order valence-corrected chi connectivity index (χ0v) is 10.8. The van der Waals surface area contributed by atoms with Gasteiger partial charge < -0.3 is 10.5 Å². The van der Waals surface area contributed by atoms with E-state index in [4.69, 9.17) is 10.5 Å². The Morgan fingerprint density at radius 1 is 1.26 bits per heavy atom. The Bertz CT molecular complexity index is 529. The van der Waals surface area contributed by atoms with Crippen LogP contribution in [-0.4, -0.2) is 11.6 Å². The van der Waals surface area contributed by atoms with Crippen LogP contribution in [0.4, 0.5) is 4.39 Å². The molecule has 2 N–H and O–H groups in total. The molecule has 0 aliphatic rings. The molecule has 0 unspecified atom stereocenters. The zero-order valence-electron chi connectivity index (χ0n) is 10.8. The first-order valence-electron chi connectivity index (χ1n) is 6.23. The SMILES string of the molecule is C[C@H](N)c1ccc(OCCc2ccncc2)c(F)c1. The van der Waals surface area contributed by atoms with Gasteiger partial charge in [0.05, 0.1) is 6.61 Å². The van der Waals surface area contributed by atoms with Gasteiger partial charge in [-0.05, 0) is 42.3 Å². The predicted molar refractivity (Wildman–Crippen MR) is 72.4 cm³/mol. The molecule has 0 aliphatic heterocycles. The number of rotatable bonds is 5. The van der Waals surface area contributed by atoms with Gasteiger partial charge in [-0.2, -0.15) is 0 Å². The van der Waals surface area contributed by atoms with E-state index in [1.807, 2.05) is 19.1 Å². The van der Waals surface area contributed by atoms with Crippen molar-refractivity contribution >= 4 is 0 Å². The highest BCUT2D eigenvalue weighted by Crippen LogP contribution is 2.21. The van der Waals surface area contributed by atoms with Crippen LogP contribution in [0.5, 0.6) is 5.75 Å². The summed E-state index contributed by atoms with van der Waals surface area (Å²) in [5.41, 5.74) is 7.57. The molecule has 2 aromatic rings. The summed E-state index contributed by atoms with van der Waals surface area (Å²) < 4.78 is 19.2. The molecular formula is C15H17FN2O. The van der Waals surface area contributed by atoms with Crippen LogP contribution in [0.3, 0.4) is 0 Å². The van der Waals surface area contributed by atoms with Crippen LogP contribution in [-0.2, 0) is 6.42 Å². The number of halogens is 1. The Morgan fingerprint density at radius 2 is 2.00 bits per heavy atom. The third-order valence-corrected chi connectivity index (χ3v) is 2.88. The fraction of sp³-hybridized carbons (Fsp3) is 0.267. The van der Waals surface area contributed by atoms with E-state index in [1.165, 1.54) is 6.07 Å². The van der Waals surface area contributed by atoms with Gasteiger partial charge in [0, 0.05) is 24.9 Å². The van der Waals surface area contributed by atoms with Gasteiger partial charge in [0.1, 0.15) is 0 Å². The maximum absolute atomic E-state index is 13.7. The van der Waals surface area contributed by atoms with Crippen molar-refractivity contribution in [2.24, 2.45) is 5.73 Å². The van der Waals surface area contributed by atoms with Gasteiger partial charge >= 0.3 is 0 Å². The van der Waals surface area contributed by atoms with Gasteiger partial charge in [-0.1, -0.05) is 6.07 Å². The number of ether oxygens (including phenoxy) is 1. The van der Waals surface area contributed by atoms with Crippen molar-refractivity contribution in [3.8, 4) is 5.75 Å². The lowest BCUT2D eigenvalue weighted by molar-refractivity contribution is 0.305. The van der Waals surface area contributed by atoms with Crippen LogP contribution < -0.4 is 10.5 Å². The predicted octanol–water partition coefficient (Wildman–Crippen LogP) is 2.86. The molecule has 3 nitrogen and oxygen atoms in total. The minimum absolute atomic E-state index is 0.180. The number of nitrogens with two attached hydrogens (primary N) is 1. The fourth-order valence-corrected chi connectivity index (χ4v) is 1.75. The molecule has 4 heteroatoms. The van der Waals surface area contributed by atoms with E-state index in [2.05, 4.69) is 4.98 Å². The van der Waals surface area contributed by atoms with Crippen LogP contribution in [0.1, 0.15) is 24.1 Å². The summed E-state index contributed by atoms with van der Waals surface area (Å²) in [7, 11) is 0. The largest absolute Gasteiger partial charge is 0.490 e. The van der Waals surface area contributed by atoms with Crippen LogP contribution >= 0.6 is 0 Å². The van der Waals surface area contributed by atoms with Crippen LogP contribution in [0.15, 0.2) is 42.7 Å². The maximum Gasteiger partial charge on any atom is 0.165 e. The van der Waals surface area contributed by atoms with E-state index < -0.39 is 0 Å². The van der Waals surface area contributed by atoms with Crippen molar-refractivity contribution in [2.45, 2.75) is 19.4 Å². The van der Waals surface area contributed by atoms with E-state index in [0.717, 1.165) is 17.5 Å². The van der Waals surface area contributed by atoms with Gasteiger partial charge in [-0.25, -0.2) is 4.39 Å². The Balaban J connectivity index is 1.93. The Kier molecular flexibility index (Phi) is 4.47. The number of aromatic nitrogens is 1. The lowest BCUT2D eigenvalue weighted by Gasteiger charge is -2.10. The number of hydrogen-bond donors (Lipinski definition) is 1. The summed E-state index contributed by atoms with van der Waals surface area (Å²) in [6, 6.07) is 8.49. The normalized spacial score (nSPS) is 12.2. The summed E-state index contributed by atoms with van der Waals surface area (Å²) in [4.78, 5) is 3.94. The van der Waals surface area contributed by atoms with E-state index in [-0.39, 0.29) is 17.6 Å². The number of hydrogen-bond acceptors (Lipinski definition) is 3. The first-order valence-corrected chi connectivity index (χ1v) is 6.23. The Hall–Kier alpha value is -1.94. The highest BCUT2D eigenvalue weighted by atomic mass is 19.1. The molecule has 100 valence electrons. The lowest BCUT2D eigenvalue weighted by atomic mass is 10.1. The third kappa shape index (κ3) is 3.76. The third-order valence-electron chi connectivity index (χ3n) is 2.88. The zero-order chi connectivity index (χ0) is 13.7. The molecule has 0 radical (unpaired) electrons. The second-order valence-corrected chi connectivity index (χ2v) is 4.43. The molecule has 1 aromatic carbocycles. The van der Waals surface area contributed by atoms with Crippen molar-refractivity contribution < 1.29 is 9.13 Å². The average Bonchev–Trinajstić information content (AvgIpc) is 2.41. The second kappa shape index (κ2) is 6.29.